The van der Waals surface area contributed by atoms with Gasteiger partial charge in [0.15, 0.2) is 0 Å². The number of β-amino-alcohol motifs (C(OH)–C–C–N with tert-alkyl or cyclic N) is 1. The number of aliphatic hydroxyl groups is 1. The molecule has 0 aromatic rings. The molecule has 1 N–H and O–H groups in total. The second kappa shape index (κ2) is 7.80. The molecule has 0 amide bonds. The lowest BCUT2D eigenvalue weighted by atomic mass is 9.98. The Morgan fingerprint density at radius 3 is 3.00 bits per heavy atom. The highest BCUT2D eigenvalue weighted by Crippen LogP contribution is 2.12. The van der Waals surface area contributed by atoms with Crippen molar-refractivity contribution in [3.8, 4) is 0 Å². The van der Waals surface area contributed by atoms with E-state index in [1.165, 1.54) is 0 Å². The highest BCUT2D eigenvalue weighted by molar-refractivity contribution is 5.81. The van der Waals surface area contributed by atoms with Gasteiger partial charge in [-0.1, -0.05) is 20.3 Å². The van der Waals surface area contributed by atoms with Crippen molar-refractivity contribution in [3.63, 3.8) is 0 Å². The molecule has 1 aliphatic rings. The lowest BCUT2D eigenvalue weighted by Crippen LogP contribution is -2.44. The summed E-state index contributed by atoms with van der Waals surface area (Å²) < 4.78 is 5.38. The molecular weight excluding hydrogens is 218 g/mol. The number of likely N-dealkylation sites (tertiary alicyclic amines) is 1. The SMILES string of the molecule is CCCCOCC(O)CN1CCC(=O)C(C)C1. The topological polar surface area (TPSA) is 49.8 Å². The Morgan fingerprint density at radius 2 is 2.35 bits per heavy atom. The van der Waals surface area contributed by atoms with Crippen molar-refractivity contribution >= 4 is 5.78 Å². The summed E-state index contributed by atoms with van der Waals surface area (Å²) in [7, 11) is 0. The van der Waals surface area contributed by atoms with Crippen molar-refractivity contribution in [1.82, 2.24) is 4.90 Å². The normalized spacial score (nSPS) is 23.9. The Morgan fingerprint density at radius 1 is 1.59 bits per heavy atom. The molecule has 1 aliphatic heterocycles. The Labute approximate surface area is 104 Å². The maximum Gasteiger partial charge on any atom is 0.138 e. The molecule has 0 bridgehead atoms. The van der Waals surface area contributed by atoms with Crippen LogP contribution in [0.4, 0.5) is 0 Å². The third-order valence-corrected chi connectivity index (χ3v) is 3.18. The Kier molecular flexibility index (Phi) is 6.70. The molecular formula is C13H25NO3. The molecule has 1 rings (SSSR count). The first kappa shape index (κ1) is 14.6. The van der Waals surface area contributed by atoms with Crippen LogP contribution in [0.25, 0.3) is 0 Å². The summed E-state index contributed by atoms with van der Waals surface area (Å²) in [6.07, 6.45) is 2.33. The summed E-state index contributed by atoms with van der Waals surface area (Å²) >= 11 is 0. The minimum absolute atomic E-state index is 0.108. The zero-order valence-corrected chi connectivity index (χ0v) is 11.0. The van der Waals surface area contributed by atoms with E-state index in [1.54, 1.807) is 0 Å². The van der Waals surface area contributed by atoms with E-state index in [1.807, 2.05) is 6.92 Å². The summed E-state index contributed by atoms with van der Waals surface area (Å²) in [4.78, 5) is 13.5. The van der Waals surface area contributed by atoms with Crippen molar-refractivity contribution in [1.29, 1.82) is 0 Å². The van der Waals surface area contributed by atoms with Gasteiger partial charge < -0.3 is 9.84 Å². The van der Waals surface area contributed by atoms with Crippen molar-refractivity contribution in [2.75, 3.05) is 32.8 Å². The summed E-state index contributed by atoms with van der Waals surface area (Å²) in [5.74, 6) is 0.451. The fraction of sp³-hybridized carbons (Fsp3) is 0.923. The van der Waals surface area contributed by atoms with E-state index < -0.39 is 6.10 Å². The number of nitrogens with zero attached hydrogens (tertiary/aromatic N) is 1. The number of carbonyl (C=O) groups excluding carboxylic acids is 1. The van der Waals surface area contributed by atoms with Gasteiger partial charge in [0.05, 0.1) is 12.7 Å². The summed E-state index contributed by atoms with van der Waals surface area (Å²) in [5.41, 5.74) is 0. The molecule has 4 heteroatoms. The maximum absolute atomic E-state index is 11.4. The number of piperidine rings is 1. The molecule has 0 aromatic carbocycles. The lowest BCUT2D eigenvalue weighted by molar-refractivity contribution is -0.126. The van der Waals surface area contributed by atoms with Gasteiger partial charge in [0.2, 0.25) is 0 Å². The van der Waals surface area contributed by atoms with E-state index in [-0.39, 0.29) is 5.92 Å². The average molecular weight is 243 g/mol. The molecule has 100 valence electrons. The smallest absolute Gasteiger partial charge is 0.138 e. The van der Waals surface area contributed by atoms with Crippen LogP contribution in [0.15, 0.2) is 0 Å². The number of Topliss-reactive ketones (excluding diaryl/α,β-unsaturated/α-hetero) is 1. The van der Waals surface area contributed by atoms with Gasteiger partial charge in [-0.3, -0.25) is 9.69 Å². The molecule has 2 atom stereocenters. The monoisotopic (exact) mass is 243 g/mol. The van der Waals surface area contributed by atoms with Gasteiger partial charge in [-0.25, -0.2) is 0 Å². The number of aliphatic hydroxyl groups excluding tert-OH is 1. The van der Waals surface area contributed by atoms with Crippen LogP contribution >= 0.6 is 0 Å². The van der Waals surface area contributed by atoms with Gasteiger partial charge in [0.25, 0.3) is 0 Å². The molecule has 1 fully saturated rings. The van der Waals surface area contributed by atoms with Crippen LogP contribution in [0.2, 0.25) is 0 Å². The molecule has 1 saturated heterocycles. The van der Waals surface area contributed by atoms with Gasteiger partial charge in [-0.15, -0.1) is 0 Å². The molecule has 0 radical (unpaired) electrons. The van der Waals surface area contributed by atoms with E-state index in [9.17, 15) is 9.90 Å². The Hall–Kier alpha value is -0.450. The minimum atomic E-state index is -0.438. The van der Waals surface area contributed by atoms with Crippen molar-refractivity contribution < 1.29 is 14.6 Å². The number of hydrogen-bond acceptors (Lipinski definition) is 4. The fourth-order valence-electron chi connectivity index (χ4n) is 2.08. The molecule has 2 unspecified atom stereocenters. The van der Waals surface area contributed by atoms with E-state index in [0.717, 1.165) is 32.5 Å². The van der Waals surface area contributed by atoms with Crippen molar-refractivity contribution in [2.24, 2.45) is 5.92 Å². The highest BCUT2D eigenvalue weighted by Gasteiger charge is 2.24. The third-order valence-electron chi connectivity index (χ3n) is 3.18. The average Bonchev–Trinajstić information content (AvgIpc) is 2.30. The second-order valence-electron chi connectivity index (χ2n) is 4.96. The molecule has 0 spiro atoms. The first-order chi connectivity index (χ1) is 8.13. The van der Waals surface area contributed by atoms with Crippen molar-refractivity contribution in [2.45, 2.75) is 39.2 Å². The van der Waals surface area contributed by atoms with Gasteiger partial charge in [0.1, 0.15) is 5.78 Å². The van der Waals surface area contributed by atoms with E-state index in [0.29, 0.717) is 25.4 Å². The van der Waals surface area contributed by atoms with Gasteiger partial charge in [-0.2, -0.15) is 0 Å². The highest BCUT2D eigenvalue weighted by atomic mass is 16.5. The zero-order valence-electron chi connectivity index (χ0n) is 11.0. The van der Waals surface area contributed by atoms with Gasteiger partial charge in [-0.05, 0) is 6.42 Å². The largest absolute Gasteiger partial charge is 0.389 e. The van der Waals surface area contributed by atoms with Crippen molar-refractivity contribution in [3.05, 3.63) is 0 Å². The van der Waals surface area contributed by atoms with Crippen LogP contribution in [0.5, 0.6) is 0 Å². The number of rotatable bonds is 7. The number of hydrogen-bond donors (Lipinski definition) is 1. The molecule has 0 aliphatic carbocycles. The molecule has 1 heterocycles. The summed E-state index contributed by atoms with van der Waals surface area (Å²) in [6, 6.07) is 0. The minimum Gasteiger partial charge on any atom is -0.389 e. The van der Waals surface area contributed by atoms with Crippen LogP contribution in [-0.2, 0) is 9.53 Å². The first-order valence-electron chi connectivity index (χ1n) is 6.64. The van der Waals surface area contributed by atoms with Gasteiger partial charge in [0, 0.05) is 38.6 Å². The van der Waals surface area contributed by atoms with Crippen LogP contribution in [-0.4, -0.2) is 54.7 Å². The zero-order chi connectivity index (χ0) is 12.7. The maximum atomic E-state index is 11.4. The van der Waals surface area contributed by atoms with Crippen LogP contribution < -0.4 is 0 Å². The van der Waals surface area contributed by atoms with E-state index in [2.05, 4.69) is 11.8 Å². The van der Waals surface area contributed by atoms with Crippen LogP contribution in [0.1, 0.15) is 33.1 Å². The summed E-state index contributed by atoms with van der Waals surface area (Å²) in [6.45, 7) is 7.36. The molecule has 17 heavy (non-hydrogen) atoms. The van der Waals surface area contributed by atoms with E-state index in [4.69, 9.17) is 4.74 Å². The second-order valence-corrected chi connectivity index (χ2v) is 4.96. The standard InChI is InChI=1S/C13H25NO3/c1-3-4-7-17-10-12(15)9-14-6-5-13(16)11(2)8-14/h11-12,15H,3-10H2,1-2H3. The number of carbonyl (C=O) groups is 1. The third kappa shape index (κ3) is 5.61. The first-order valence-corrected chi connectivity index (χ1v) is 6.64. The van der Waals surface area contributed by atoms with Crippen LogP contribution in [0, 0.1) is 5.92 Å². The molecule has 4 nitrogen and oxygen atoms in total. The predicted octanol–water partition coefficient (Wildman–Crippen LogP) is 1.07. The molecule has 0 saturated carbocycles. The molecule has 0 aromatic heterocycles. The Balaban J connectivity index is 2.13. The number of ether oxygens (including phenoxy) is 1. The predicted molar refractivity (Wildman–Crippen MR) is 67.0 cm³/mol. The van der Waals surface area contributed by atoms with Gasteiger partial charge >= 0.3 is 0 Å². The summed E-state index contributed by atoms with van der Waals surface area (Å²) in [5, 5.41) is 9.80. The van der Waals surface area contributed by atoms with Crippen LogP contribution in [0.3, 0.4) is 0 Å². The number of ketones is 1. The quantitative estimate of drug-likeness (QED) is 0.680. The van der Waals surface area contributed by atoms with E-state index >= 15 is 0 Å². The fourth-order valence-corrected chi connectivity index (χ4v) is 2.08. The Bertz CT molecular complexity index is 233. The number of unbranched alkanes of at least 4 members (excludes halogenated alkanes) is 1. The lowest BCUT2D eigenvalue weighted by Gasteiger charge is -2.31.